The Labute approximate surface area is 110 Å². The third kappa shape index (κ3) is 3.04. The molecule has 0 aliphatic carbocycles. The number of hydrogen-bond donors (Lipinski definition) is 1. The van der Waals surface area contributed by atoms with Crippen LogP contribution in [0, 0.1) is 5.82 Å². The van der Waals surface area contributed by atoms with E-state index < -0.39 is 0 Å². The van der Waals surface area contributed by atoms with E-state index in [1.165, 1.54) is 19.1 Å². The Morgan fingerprint density at radius 3 is 2.37 bits per heavy atom. The largest absolute Gasteiger partial charge is 0.356 e. The summed E-state index contributed by atoms with van der Waals surface area (Å²) < 4.78 is 12.8. The molecule has 0 amide bonds. The average Bonchev–Trinajstić information content (AvgIpc) is 2.41. The first kappa shape index (κ1) is 13.0. The van der Waals surface area contributed by atoms with Gasteiger partial charge in [-0.05, 0) is 56.1 Å². The van der Waals surface area contributed by atoms with Crippen LogP contribution in [0.15, 0.2) is 47.5 Å². The molecule has 3 nitrogen and oxygen atoms in total. The summed E-state index contributed by atoms with van der Waals surface area (Å²) in [4.78, 5) is 15.3. The second-order valence-electron chi connectivity index (χ2n) is 4.08. The molecule has 2 aromatic carbocycles. The van der Waals surface area contributed by atoms with E-state index in [0.717, 1.165) is 11.4 Å². The van der Waals surface area contributed by atoms with E-state index in [-0.39, 0.29) is 11.6 Å². The first-order valence-electron chi connectivity index (χ1n) is 5.74. The van der Waals surface area contributed by atoms with Crippen molar-refractivity contribution in [3.8, 4) is 0 Å². The maximum Gasteiger partial charge on any atom is 0.162 e. The molecule has 19 heavy (non-hydrogen) atoms. The minimum atomic E-state index is -0.291. The molecule has 0 radical (unpaired) electrons. The number of anilines is 2. The zero-order chi connectivity index (χ0) is 13.8. The Morgan fingerprint density at radius 1 is 1.16 bits per heavy atom. The number of halogens is 1. The summed E-state index contributed by atoms with van der Waals surface area (Å²) >= 11 is 0. The molecule has 0 fully saturated rings. The molecule has 0 aromatic heterocycles. The van der Waals surface area contributed by atoms with Crippen LogP contribution >= 0.6 is 0 Å². The van der Waals surface area contributed by atoms with Crippen molar-refractivity contribution in [1.29, 1.82) is 0 Å². The number of rotatable bonds is 4. The minimum Gasteiger partial charge on any atom is -0.356 e. The number of aliphatic imine (C=N–C) groups is 1. The first-order chi connectivity index (χ1) is 9.10. The molecule has 0 saturated heterocycles. The summed E-state index contributed by atoms with van der Waals surface area (Å²) in [6.07, 6.45) is 0. The number of nitrogens with zero attached hydrogens (tertiary/aromatic N) is 1. The zero-order valence-corrected chi connectivity index (χ0v) is 10.5. The normalized spacial score (nSPS) is 10.0. The second kappa shape index (κ2) is 5.44. The van der Waals surface area contributed by atoms with Crippen molar-refractivity contribution in [2.45, 2.75) is 6.92 Å². The van der Waals surface area contributed by atoms with E-state index in [1.54, 1.807) is 30.3 Å². The highest BCUT2D eigenvalue weighted by molar-refractivity contribution is 6.00. The number of Topliss-reactive ketones (excluding diaryl/α,β-unsaturated/α-hetero) is 1. The van der Waals surface area contributed by atoms with Gasteiger partial charge in [0.25, 0.3) is 0 Å². The van der Waals surface area contributed by atoms with Crippen molar-refractivity contribution in [3.05, 3.63) is 53.8 Å². The van der Waals surface area contributed by atoms with Crippen LogP contribution in [0.25, 0.3) is 0 Å². The molecule has 0 aliphatic rings. The fourth-order valence-electron chi connectivity index (χ4n) is 1.73. The van der Waals surface area contributed by atoms with Gasteiger partial charge in [-0.3, -0.25) is 9.79 Å². The number of carbonyl (C=O) groups excluding carboxylic acids is 1. The van der Waals surface area contributed by atoms with Gasteiger partial charge < -0.3 is 5.32 Å². The van der Waals surface area contributed by atoms with E-state index in [4.69, 9.17) is 0 Å². The Balaban J connectivity index is 2.31. The SMILES string of the molecule is C=Nc1ccc(Nc2ccc(F)cc2)cc1C(C)=O. The third-order valence-electron chi connectivity index (χ3n) is 2.68. The second-order valence-corrected chi connectivity index (χ2v) is 4.08. The number of carbonyl (C=O) groups is 1. The van der Waals surface area contributed by atoms with Crippen molar-refractivity contribution < 1.29 is 9.18 Å². The quantitative estimate of drug-likeness (QED) is 0.660. The van der Waals surface area contributed by atoms with Crippen LogP contribution in [0.1, 0.15) is 17.3 Å². The zero-order valence-electron chi connectivity index (χ0n) is 10.5. The number of ketones is 1. The summed E-state index contributed by atoms with van der Waals surface area (Å²) in [6, 6.07) is 11.2. The van der Waals surface area contributed by atoms with Gasteiger partial charge in [0.2, 0.25) is 0 Å². The van der Waals surface area contributed by atoms with Crippen LogP contribution in [-0.4, -0.2) is 12.5 Å². The number of hydrogen-bond acceptors (Lipinski definition) is 3. The van der Waals surface area contributed by atoms with Gasteiger partial charge in [0, 0.05) is 16.9 Å². The van der Waals surface area contributed by atoms with Crippen LogP contribution < -0.4 is 5.32 Å². The molecule has 0 aliphatic heterocycles. The molecule has 2 aromatic rings. The molecular formula is C15H13FN2O. The molecule has 0 unspecified atom stereocenters. The van der Waals surface area contributed by atoms with Crippen molar-refractivity contribution in [2.24, 2.45) is 4.99 Å². The van der Waals surface area contributed by atoms with Crippen LogP contribution in [0.3, 0.4) is 0 Å². The fourth-order valence-corrected chi connectivity index (χ4v) is 1.73. The lowest BCUT2D eigenvalue weighted by Crippen LogP contribution is -1.96. The lowest BCUT2D eigenvalue weighted by molar-refractivity contribution is 0.101. The summed E-state index contributed by atoms with van der Waals surface area (Å²) in [5.41, 5.74) is 2.54. The lowest BCUT2D eigenvalue weighted by atomic mass is 10.1. The van der Waals surface area contributed by atoms with Crippen LogP contribution in [0.5, 0.6) is 0 Å². The highest BCUT2D eigenvalue weighted by atomic mass is 19.1. The molecule has 1 N–H and O–H groups in total. The predicted molar refractivity (Wildman–Crippen MR) is 75.3 cm³/mol. The van der Waals surface area contributed by atoms with Gasteiger partial charge >= 0.3 is 0 Å². The number of benzene rings is 2. The Bertz CT molecular complexity index is 621. The van der Waals surface area contributed by atoms with Gasteiger partial charge in [0.15, 0.2) is 5.78 Å². The lowest BCUT2D eigenvalue weighted by Gasteiger charge is -2.09. The molecule has 0 saturated carbocycles. The standard InChI is InChI=1S/C15H13FN2O/c1-10(19)14-9-13(7-8-15(14)17-2)18-12-5-3-11(16)4-6-12/h3-9,18H,2H2,1H3. The average molecular weight is 256 g/mol. The van der Waals surface area contributed by atoms with Crippen molar-refractivity contribution in [1.82, 2.24) is 0 Å². The van der Waals surface area contributed by atoms with Crippen LogP contribution in [0.4, 0.5) is 21.5 Å². The molecule has 0 spiro atoms. The highest BCUT2D eigenvalue weighted by Crippen LogP contribution is 2.25. The summed E-state index contributed by atoms with van der Waals surface area (Å²) in [7, 11) is 0. The van der Waals surface area contributed by atoms with Crippen molar-refractivity contribution >= 4 is 29.6 Å². The maximum atomic E-state index is 12.8. The van der Waals surface area contributed by atoms with E-state index in [2.05, 4.69) is 17.0 Å². The molecule has 0 atom stereocenters. The van der Waals surface area contributed by atoms with Crippen molar-refractivity contribution in [3.63, 3.8) is 0 Å². The summed E-state index contributed by atoms with van der Waals surface area (Å²) in [6.45, 7) is 4.91. The fraction of sp³-hybridized carbons (Fsp3) is 0.0667. The predicted octanol–water partition coefficient (Wildman–Crippen LogP) is 4.10. The maximum absolute atomic E-state index is 12.8. The van der Waals surface area contributed by atoms with Gasteiger partial charge in [-0.15, -0.1) is 0 Å². The Hall–Kier alpha value is -2.49. The van der Waals surface area contributed by atoms with E-state index in [0.29, 0.717) is 11.3 Å². The van der Waals surface area contributed by atoms with Gasteiger partial charge in [-0.1, -0.05) is 0 Å². The molecular weight excluding hydrogens is 243 g/mol. The molecule has 0 bridgehead atoms. The molecule has 96 valence electrons. The Morgan fingerprint density at radius 2 is 1.79 bits per heavy atom. The highest BCUT2D eigenvalue weighted by Gasteiger charge is 2.07. The number of nitrogens with one attached hydrogen (secondary N) is 1. The monoisotopic (exact) mass is 256 g/mol. The van der Waals surface area contributed by atoms with Gasteiger partial charge in [-0.2, -0.15) is 0 Å². The first-order valence-corrected chi connectivity index (χ1v) is 5.74. The Kier molecular flexibility index (Phi) is 3.71. The molecule has 4 heteroatoms. The smallest absolute Gasteiger partial charge is 0.162 e. The van der Waals surface area contributed by atoms with Crippen molar-refractivity contribution in [2.75, 3.05) is 5.32 Å². The minimum absolute atomic E-state index is 0.0786. The van der Waals surface area contributed by atoms with E-state index >= 15 is 0 Å². The van der Waals surface area contributed by atoms with Gasteiger partial charge in [0.05, 0.1) is 5.69 Å². The van der Waals surface area contributed by atoms with E-state index in [1.807, 2.05) is 0 Å². The van der Waals surface area contributed by atoms with Crippen LogP contribution in [-0.2, 0) is 0 Å². The topological polar surface area (TPSA) is 41.5 Å². The van der Waals surface area contributed by atoms with Gasteiger partial charge in [-0.25, -0.2) is 4.39 Å². The van der Waals surface area contributed by atoms with E-state index in [9.17, 15) is 9.18 Å². The van der Waals surface area contributed by atoms with Gasteiger partial charge in [0.1, 0.15) is 5.82 Å². The van der Waals surface area contributed by atoms with Crippen LogP contribution in [0.2, 0.25) is 0 Å². The third-order valence-corrected chi connectivity index (χ3v) is 2.68. The summed E-state index contributed by atoms with van der Waals surface area (Å²) in [5, 5.41) is 3.10. The molecule has 0 heterocycles. The molecule has 2 rings (SSSR count). The summed E-state index contributed by atoms with van der Waals surface area (Å²) in [5.74, 6) is -0.369.